The molecule has 0 unspecified atom stereocenters. The molecule has 2 aromatic heterocycles. The van der Waals surface area contributed by atoms with Gasteiger partial charge in [0.2, 0.25) is 5.89 Å². The Bertz CT molecular complexity index is 920. The van der Waals surface area contributed by atoms with Gasteiger partial charge in [-0.1, -0.05) is 18.2 Å². The van der Waals surface area contributed by atoms with Crippen LogP contribution in [0, 0.1) is 10.7 Å². The summed E-state index contributed by atoms with van der Waals surface area (Å²) in [5.41, 5.74) is 1.51. The van der Waals surface area contributed by atoms with E-state index in [1.807, 2.05) is 24.3 Å². The van der Waals surface area contributed by atoms with Gasteiger partial charge in [0, 0.05) is 36.1 Å². The molecule has 0 spiro atoms. The summed E-state index contributed by atoms with van der Waals surface area (Å²) in [4.78, 5) is 6.49. The van der Waals surface area contributed by atoms with Gasteiger partial charge < -0.3 is 4.42 Å². The third-order valence-corrected chi connectivity index (χ3v) is 4.54. The molecule has 4 rings (SSSR count). The second-order valence-electron chi connectivity index (χ2n) is 6.12. The lowest BCUT2D eigenvalue weighted by atomic mass is 10.2. The van der Waals surface area contributed by atoms with E-state index in [0.29, 0.717) is 35.5 Å². The number of hydrogen-bond donors (Lipinski definition) is 0. The average molecular weight is 356 g/mol. The molecular formula is C18H17FN4OS. The minimum atomic E-state index is -0.186. The molecule has 1 aliphatic carbocycles. The van der Waals surface area contributed by atoms with Crippen LogP contribution >= 0.6 is 12.2 Å². The second kappa shape index (κ2) is 6.85. The average Bonchev–Trinajstić information content (AvgIpc) is 3.41. The lowest BCUT2D eigenvalue weighted by Crippen LogP contribution is -2.29. The van der Waals surface area contributed by atoms with E-state index < -0.39 is 0 Å². The van der Waals surface area contributed by atoms with Crippen molar-refractivity contribution in [1.29, 1.82) is 0 Å². The largest absolute Gasteiger partial charge is 0.409 e. The fraction of sp³-hybridized carbons (Fsp3) is 0.278. The summed E-state index contributed by atoms with van der Waals surface area (Å²) in [6, 6.07) is 10.9. The monoisotopic (exact) mass is 356 g/mol. The molecule has 0 N–H and O–H groups in total. The first-order valence-electron chi connectivity index (χ1n) is 8.16. The number of rotatable bonds is 6. The topological polar surface area (TPSA) is 47.1 Å². The van der Waals surface area contributed by atoms with Crippen molar-refractivity contribution in [2.24, 2.45) is 0 Å². The van der Waals surface area contributed by atoms with E-state index in [2.05, 4.69) is 15.0 Å². The van der Waals surface area contributed by atoms with Gasteiger partial charge in [0.25, 0.3) is 4.84 Å². The van der Waals surface area contributed by atoms with Crippen LogP contribution in [0.5, 0.6) is 0 Å². The Kier molecular flexibility index (Phi) is 4.42. The van der Waals surface area contributed by atoms with E-state index in [0.717, 1.165) is 18.4 Å². The van der Waals surface area contributed by atoms with Crippen LogP contribution in [0.3, 0.4) is 0 Å². The van der Waals surface area contributed by atoms with Gasteiger partial charge in [-0.15, -0.1) is 5.10 Å². The molecule has 128 valence electrons. The highest BCUT2D eigenvalue weighted by Crippen LogP contribution is 2.29. The minimum absolute atomic E-state index is 0.186. The fourth-order valence-electron chi connectivity index (χ4n) is 2.76. The third-order valence-electron chi connectivity index (χ3n) is 4.24. The van der Waals surface area contributed by atoms with Gasteiger partial charge in [-0.2, -0.15) is 0 Å². The molecule has 1 aliphatic rings. The van der Waals surface area contributed by atoms with Crippen molar-refractivity contribution in [1.82, 2.24) is 19.7 Å². The molecule has 0 atom stereocenters. The van der Waals surface area contributed by atoms with Crippen LogP contribution in [-0.4, -0.2) is 25.7 Å². The first-order chi connectivity index (χ1) is 12.2. The molecule has 0 radical (unpaired) electrons. The van der Waals surface area contributed by atoms with Crippen molar-refractivity contribution in [2.75, 3.05) is 0 Å². The van der Waals surface area contributed by atoms with E-state index in [4.69, 9.17) is 16.6 Å². The maximum atomic E-state index is 14.0. The molecule has 1 aromatic carbocycles. The Morgan fingerprint density at radius 1 is 1.20 bits per heavy atom. The SMILES string of the molecule is Fc1ccccc1CN(Cn1nc(-c2ccncc2)oc1=S)C1CC1. The lowest BCUT2D eigenvalue weighted by molar-refractivity contribution is 0.182. The van der Waals surface area contributed by atoms with Crippen LogP contribution in [0.15, 0.2) is 53.2 Å². The van der Waals surface area contributed by atoms with Crippen LogP contribution in [0.1, 0.15) is 18.4 Å². The molecule has 3 aromatic rings. The first kappa shape index (κ1) is 16.1. The molecule has 5 nitrogen and oxygen atoms in total. The maximum absolute atomic E-state index is 14.0. The van der Waals surface area contributed by atoms with Gasteiger partial charge in [-0.3, -0.25) is 9.88 Å². The van der Waals surface area contributed by atoms with Crippen molar-refractivity contribution < 1.29 is 8.81 Å². The van der Waals surface area contributed by atoms with Gasteiger partial charge >= 0.3 is 0 Å². The summed E-state index contributed by atoms with van der Waals surface area (Å²) in [6.45, 7) is 1.00. The van der Waals surface area contributed by atoms with Crippen LogP contribution in [-0.2, 0) is 13.2 Å². The number of nitrogens with zero attached hydrogens (tertiary/aromatic N) is 4. The van der Waals surface area contributed by atoms with Crippen LogP contribution < -0.4 is 0 Å². The lowest BCUT2D eigenvalue weighted by Gasteiger charge is -2.21. The van der Waals surface area contributed by atoms with E-state index in [1.165, 1.54) is 6.07 Å². The number of halogens is 1. The molecule has 0 amide bonds. The molecule has 1 fully saturated rings. The molecule has 0 aliphatic heterocycles. The zero-order valence-corrected chi connectivity index (χ0v) is 14.3. The van der Waals surface area contributed by atoms with Gasteiger partial charge in [-0.25, -0.2) is 9.07 Å². The van der Waals surface area contributed by atoms with Crippen molar-refractivity contribution in [3.8, 4) is 11.5 Å². The number of aromatic nitrogens is 3. The number of benzene rings is 1. The van der Waals surface area contributed by atoms with Crippen molar-refractivity contribution in [2.45, 2.75) is 32.1 Å². The van der Waals surface area contributed by atoms with Gasteiger partial charge in [0.15, 0.2) is 0 Å². The summed E-state index contributed by atoms with van der Waals surface area (Å²) in [5.74, 6) is 0.281. The summed E-state index contributed by atoms with van der Waals surface area (Å²) in [5, 5.41) is 4.48. The van der Waals surface area contributed by atoms with Crippen molar-refractivity contribution in [3.63, 3.8) is 0 Å². The van der Waals surface area contributed by atoms with Crippen molar-refractivity contribution in [3.05, 3.63) is 65.0 Å². The smallest absolute Gasteiger partial charge is 0.288 e. The molecule has 25 heavy (non-hydrogen) atoms. The normalized spacial score (nSPS) is 14.2. The van der Waals surface area contributed by atoms with Gasteiger partial charge in [0.05, 0.1) is 6.67 Å². The maximum Gasteiger partial charge on any atom is 0.288 e. The molecular weight excluding hydrogens is 339 g/mol. The molecule has 0 saturated heterocycles. The number of pyridine rings is 1. The minimum Gasteiger partial charge on any atom is -0.409 e. The standard InChI is InChI=1S/C18H17FN4OS/c19-16-4-2-1-3-14(16)11-22(15-5-6-15)12-23-18(25)24-17(21-23)13-7-9-20-10-8-13/h1-4,7-10,15H,5-6,11-12H2. The molecule has 0 bridgehead atoms. The number of hydrogen-bond acceptors (Lipinski definition) is 5. The molecule has 7 heteroatoms. The third kappa shape index (κ3) is 3.67. The Labute approximate surface area is 149 Å². The molecule has 2 heterocycles. The Morgan fingerprint density at radius 3 is 2.68 bits per heavy atom. The summed E-state index contributed by atoms with van der Waals surface area (Å²) < 4.78 is 21.3. The first-order valence-corrected chi connectivity index (χ1v) is 8.57. The second-order valence-corrected chi connectivity index (χ2v) is 6.47. The van der Waals surface area contributed by atoms with E-state index in [1.54, 1.807) is 23.1 Å². The Balaban J connectivity index is 1.56. The van der Waals surface area contributed by atoms with Gasteiger partial charge in [-0.05, 0) is 43.3 Å². The van der Waals surface area contributed by atoms with E-state index >= 15 is 0 Å². The summed E-state index contributed by atoms with van der Waals surface area (Å²) >= 11 is 5.31. The quantitative estimate of drug-likeness (QED) is 0.624. The summed E-state index contributed by atoms with van der Waals surface area (Å²) in [6.07, 6.45) is 5.58. The zero-order valence-electron chi connectivity index (χ0n) is 13.5. The van der Waals surface area contributed by atoms with E-state index in [9.17, 15) is 4.39 Å². The summed E-state index contributed by atoms with van der Waals surface area (Å²) in [7, 11) is 0. The Hall–Kier alpha value is -2.38. The van der Waals surface area contributed by atoms with Gasteiger partial charge in [0.1, 0.15) is 5.82 Å². The highest BCUT2D eigenvalue weighted by molar-refractivity contribution is 7.71. The fourth-order valence-corrected chi connectivity index (χ4v) is 2.94. The van der Waals surface area contributed by atoms with Crippen LogP contribution in [0.4, 0.5) is 4.39 Å². The highest BCUT2D eigenvalue weighted by atomic mass is 32.1. The molecule has 1 saturated carbocycles. The van der Waals surface area contributed by atoms with Crippen LogP contribution in [0.25, 0.3) is 11.5 Å². The highest BCUT2D eigenvalue weighted by Gasteiger charge is 2.30. The van der Waals surface area contributed by atoms with Crippen LogP contribution in [0.2, 0.25) is 0 Å². The Morgan fingerprint density at radius 2 is 1.96 bits per heavy atom. The predicted octanol–water partition coefficient (Wildman–Crippen LogP) is 4.03. The predicted molar refractivity (Wildman–Crippen MR) is 93.5 cm³/mol. The van der Waals surface area contributed by atoms with Crippen molar-refractivity contribution >= 4 is 12.2 Å². The zero-order chi connectivity index (χ0) is 17.2. The van der Waals surface area contributed by atoms with E-state index in [-0.39, 0.29) is 5.82 Å².